The van der Waals surface area contributed by atoms with E-state index in [0.717, 1.165) is 32.2 Å². The van der Waals surface area contributed by atoms with Gasteiger partial charge in [-0.15, -0.1) is 0 Å². The third-order valence-corrected chi connectivity index (χ3v) is 2.08. The molecule has 1 amide bonds. The molecule has 0 saturated heterocycles. The number of carbonyl (C=O) groups is 1. The molecule has 0 heterocycles. The lowest BCUT2D eigenvalue weighted by molar-refractivity contribution is -0.120. The van der Waals surface area contributed by atoms with Crippen LogP contribution in [0.4, 0.5) is 0 Å². The van der Waals surface area contributed by atoms with Crippen LogP contribution in [-0.4, -0.2) is 36.8 Å². The van der Waals surface area contributed by atoms with Crippen molar-refractivity contribution in [3.63, 3.8) is 0 Å². The molecule has 0 aromatic heterocycles. The minimum absolute atomic E-state index is 0.0610. The van der Waals surface area contributed by atoms with Crippen LogP contribution in [-0.2, 0) is 4.79 Å². The fourth-order valence-electron chi connectivity index (χ4n) is 1.18. The molecule has 0 aliphatic heterocycles. The van der Waals surface area contributed by atoms with Crippen LogP contribution in [0.2, 0.25) is 0 Å². The molecule has 0 unspecified atom stereocenters. The van der Waals surface area contributed by atoms with Crippen LogP contribution in [0.25, 0.3) is 0 Å². The van der Waals surface area contributed by atoms with Gasteiger partial charge in [-0.3, -0.25) is 4.79 Å². The molecule has 0 fully saturated rings. The van der Waals surface area contributed by atoms with Crippen molar-refractivity contribution in [3.05, 3.63) is 0 Å². The quantitative estimate of drug-likeness (QED) is 0.496. The molecule has 15 heavy (non-hydrogen) atoms. The van der Waals surface area contributed by atoms with E-state index in [1.165, 1.54) is 0 Å². The van der Waals surface area contributed by atoms with Crippen LogP contribution < -0.4 is 10.6 Å². The fraction of sp³-hybridized carbons (Fsp3) is 0.909. The molecular formula is C11H24N2O2. The largest absolute Gasteiger partial charge is 0.396 e. The molecule has 0 aromatic rings. The van der Waals surface area contributed by atoms with Crippen LogP contribution in [0.5, 0.6) is 0 Å². The lowest BCUT2D eigenvalue weighted by atomic mass is 10.2. The lowest BCUT2D eigenvalue weighted by Gasteiger charge is -2.08. The van der Waals surface area contributed by atoms with Crippen molar-refractivity contribution in [2.24, 2.45) is 0 Å². The number of hydrogen-bond donors (Lipinski definition) is 3. The number of unbranched alkanes of at least 4 members (excludes halogenated alkanes) is 3. The second-order valence-electron chi connectivity index (χ2n) is 4.02. The Hall–Kier alpha value is -0.610. The van der Waals surface area contributed by atoms with Crippen LogP contribution in [0.15, 0.2) is 0 Å². The number of amides is 1. The lowest BCUT2D eigenvalue weighted by Crippen LogP contribution is -2.37. The van der Waals surface area contributed by atoms with Gasteiger partial charge in [0.15, 0.2) is 0 Å². The minimum atomic E-state index is 0.0610. The first kappa shape index (κ1) is 14.4. The van der Waals surface area contributed by atoms with E-state index in [0.29, 0.717) is 12.6 Å². The third-order valence-electron chi connectivity index (χ3n) is 2.08. The summed E-state index contributed by atoms with van der Waals surface area (Å²) in [7, 11) is 0. The van der Waals surface area contributed by atoms with Gasteiger partial charge in [0.1, 0.15) is 0 Å². The predicted molar refractivity (Wildman–Crippen MR) is 61.7 cm³/mol. The molecule has 0 radical (unpaired) electrons. The molecule has 0 bridgehead atoms. The van der Waals surface area contributed by atoms with Crippen LogP contribution >= 0.6 is 0 Å². The van der Waals surface area contributed by atoms with E-state index in [-0.39, 0.29) is 12.5 Å². The molecule has 0 spiro atoms. The topological polar surface area (TPSA) is 61.4 Å². The van der Waals surface area contributed by atoms with Gasteiger partial charge in [-0.1, -0.05) is 26.7 Å². The maximum absolute atomic E-state index is 11.2. The Morgan fingerprint density at radius 1 is 1.20 bits per heavy atom. The third kappa shape index (κ3) is 11.3. The monoisotopic (exact) mass is 216 g/mol. The highest BCUT2D eigenvalue weighted by atomic mass is 16.2. The summed E-state index contributed by atoms with van der Waals surface area (Å²) in [6.45, 7) is 5.44. The van der Waals surface area contributed by atoms with Gasteiger partial charge in [0.05, 0.1) is 6.54 Å². The second-order valence-corrected chi connectivity index (χ2v) is 4.02. The highest BCUT2D eigenvalue weighted by Crippen LogP contribution is 1.97. The summed E-state index contributed by atoms with van der Waals surface area (Å²) < 4.78 is 0. The molecule has 0 aliphatic carbocycles. The first-order valence-corrected chi connectivity index (χ1v) is 5.77. The molecule has 4 heteroatoms. The standard InChI is InChI=1S/C11H24N2O2/c1-10(2)13-9-11(15)12-7-5-3-4-6-8-14/h10,13-14H,3-9H2,1-2H3,(H,12,15). The number of aliphatic hydroxyl groups is 1. The van der Waals surface area contributed by atoms with E-state index in [2.05, 4.69) is 10.6 Å². The Labute approximate surface area is 92.4 Å². The summed E-state index contributed by atoms with van der Waals surface area (Å²) in [4.78, 5) is 11.2. The number of nitrogens with one attached hydrogen (secondary N) is 2. The Kier molecular flexibility index (Phi) is 9.52. The number of rotatable bonds is 9. The minimum Gasteiger partial charge on any atom is -0.396 e. The van der Waals surface area contributed by atoms with Crippen molar-refractivity contribution in [1.82, 2.24) is 10.6 Å². The fourth-order valence-corrected chi connectivity index (χ4v) is 1.18. The van der Waals surface area contributed by atoms with Crippen molar-refractivity contribution in [2.45, 2.75) is 45.6 Å². The van der Waals surface area contributed by atoms with Crippen molar-refractivity contribution >= 4 is 5.91 Å². The van der Waals surface area contributed by atoms with Crippen LogP contribution in [0.3, 0.4) is 0 Å². The van der Waals surface area contributed by atoms with E-state index in [4.69, 9.17) is 5.11 Å². The van der Waals surface area contributed by atoms with Gasteiger partial charge in [0.2, 0.25) is 5.91 Å². The summed E-state index contributed by atoms with van der Waals surface area (Å²) >= 11 is 0. The first-order valence-electron chi connectivity index (χ1n) is 5.77. The highest BCUT2D eigenvalue weighted by Gasteiger charge is 2.00. The average Bonchev–Trinajstić information content (AvgIpc) is 2.20. The molecule has 0 rings (SSSR count). The Balaban J connectivity index is 3.17. The zero-order chi connectivity index (χ0) is 11.5. The Morgan fingerprint density at radius 3 is 2.47 bits per heavy atom. The SMILES string of the molecule is CC(C)NCC(=O)NCCCCCCO. The zero-order valence-corrected chi connectivity index (χ0v) is 9.88. The summed E-state index contributed by atoms with van der Waals surface area (Å²) in [5.41, 5.74) is 0. The molecule has 4 nitrogen and oxygen atoms in total. The highest BCUT2D eigenvalue weighted by molar-refractivity contribution is 5.77. The number of aliphatic hydroxyl groups excluding tert-OH is 1. The number of carbonyl (C=O) groups excluding carboxylic acids is 1. The van der Waals surface area contributed by atoms with E-state index in [9.17, 15) is 4.79 Å². The van der Waals surface area contributed by atoms with Gasteiger partial charge in [-0.25, -0.2) is 0 Å². The van der Waals surface area contributed by atoms with Crippen molar-refractivity contribution in [3.8, 4) is 0 Å². The van der Waals surface area contributed by atoms with Crippen molar-refractivity contribution < 1.29 is 9.90 Å². The molecule has 90 valence electrons. The summed E-state index contributed by atoms with van der Waals surface area (Å²) in [5.74, 6) is 0.0610. The predicted octanol–water partition coefficient (Wildman–Crippen LogP) is 0.653. The average molecular weight is 216 g/mol. The van der Waals surface area contributed by atoms with E-state index >= 15 is 0 Å². The van der Waals surface area contributed by atoms with E-state index < -0.39 is 0 Å². The van der Waals surface area contributed by atoms with E-state index in [1.807, 2.05) is 13.8 Å². The van der Waals surface area contributed by atoms with Gasteiger partial charge >= 0.3 is 0 Å². The molecule has 0 aliphatic rings. The zero-order valence-electron chi connectivity index (χ0n) is 9.88. The van der Waals surface area contributed by atoms with E-state index in [1.54, 1.807) is 0 Å². The summed E-state index contributed by atoms with van der Waals surface area (Å²) in [6, 6.07) is 0.348. The number of hydrogen-bond acceptors (Lipinski definition) is 3. The van der Waals surface area contributed by atoms with Gasteiger partial charge in [-0.05, 0) is 12.8 Å². The summed E-state index contributed by atoms with van der Waals surface area (Å²) in [5, 5.41) is 14.5. The van der Waals surface area contributed by atoms with Crippen LogP contribution in [0, 0.1) is 0 Å². The van der Waals surface area contributed by atoms with Crippen LogP contribution in [0.1, 0.15) is 39.5 Å². The molecule has 0 saturated carbocycles. The van der Waals surface area contributed by atoms with Crippen molar-refractivity contribution in [2.75, 3.05) is 19.7 Å². The molecule has 0 aromatic carbocycles. The van der Waals surface area contributed by atoms with Crippen molar-refractivity contribution in [1.29, 1.82) is 0 Å². The Bertz CT molecular complexity index is 161. The first-order chi connectivity index (χ1) is 7.16. The van der Waals surface area contributed by atoms with Gasteiger partial charge < -0.3 is 15.7 Å². The molecule has 0 atom stereocenters. The van der Waals surface area contributed by atoms with Gasteiger partial charge in [-0.2, -0.15) is 0 Å². The molecular weight excluding hydrogens is 192 g/mol. The Morgan fingerprint density at radius 2 is 1.87 bits per heavy atom. The maximum atomic E-state index is 11.2. The smallest absolute Gasteiger partial charge is 0.233 e. The maximum Gasteiger partial charge on any atom is 0.233 e. The van der Waals surface area contributed by atoms with Gasteiger partial charge in [0.25, 0.3) is 0 Å². The summed E-state index contributed by atoms with van der Waals surface area (Å²) in [6.07, 6.45) is 3.96. The molecule has 3 N–H and O–H groups in total. The van der Waals surface area contributed by atoms with Gasteiger partial charge in [0, 0.05) is 19.2 Å². The second kappa shape index (κ2) is 9.93. The normalized spacial score (nSPS) is 10.7.